The van der Waals surface area contributed by atoms with Crippen LogP contribution in [0.2, 0.25) is 0 Å². The molecule has 1 fully saturated rings. The van der Waals surface area contributed by atoms with Gasteiger partial charge in [-0.1, -0.05) is 20.8 Å². The second-order valence-corrected chi connectivity index (χ2v) is 8.08. The summed E-state index contributed by atoms with van der Waals surface area (Å²) in [4.78, 5) is 2.30. The molecule has 0 spiro atoms. The van der Waals surface area contributed by atoms with Gasteiger partial charge in [0.25, 0.3) is 0 Å². The quantitative estimate of drug-likeness (QED) is 0.746. The molecular weight excluding hydrogens is 210 g/mol. The predicted molar refractivity (Wildman–Crippen MR) is 74.3 cm³/mol. The van der Waals surface area contributed by atoms with Crippen molar-refractivity contribution >= 4 is 0 Å². The van der Waals surface area contributed by atoms with Gasteiger partial charge in [0.15, 0.2) is 0 Å². The molecule has 2 heteroatoms. The first-order valence-electron chi connectivity index (χ1n) is 6.79. The maximum Gasteiger partial charge on any atom is 0.0698 e. The van der Waals surface area contributed by atoms with E-state index < -0.39 is 0 Å². The van der Waals surface area contributed by atoms with Crippen molar-refractivity contribution in [3.05, 3.63) is 0 Å². The second kappa shape index (κ2) is 4.55. The van der Waals surface area contributed by atoms with E-state index in [2.05, 4.69) is 60.5 Å². The van der Waals surface area contributed by atoms with Gasteiger partial charge in [-0.15, -0.1) is 0 Å². The summed E-state index contributed by atoms with van der Waals surface area (Å²) in [6, 6.07) is 0. The maximum atomic E-state index is 6.40. The first-order valence-corrected chi connectivity index (χ1v) is 6.79. The Labute approximate surface area is 108 Å². The summed E-state index contributed by atoms with van der Waals surface area (Å²) in [5.41, 5.74) is 0.536. The molecule has 0 heterocycles. The van der Waals surface area contributed by atoms with Crippen molar-refractivity contribution in [2.75, 3.05) is 20.6 Å². The van der Waals surface area contributed by atoms with Gasteiger partial charge in [-0.3, -0.25) is 0 Å². The molecule has 1 aliphatic rings. The van der Waals surface area contributed by atoms with E-state index in [0.717, 1.165) is 6.54 Å². The molecular formula is C15H31NO. The van der Waals surface area contributed by atoms with Crippen LogP contribution in [0.4, 0.5) is 0 Å². The Morgan fingerprint density at radius 2 is 1.53 bits per heavy atom. The van der Waals surface area contributed by atoms with E-state index >= 15 is 0 Å². The monoisotopic (exact) mass is 241 g/mol. The fourth-order valence-electron chi connectivity index (χ4n) is 2.87. The van der Waals surface area contributed by atoms with Crippen LogP contribution in [0, 0.1) is 10.8 Å². The van der Waals surface area contributed by atoms with Crippen molar-refractivity contribution in [1.29, 1.82) is 0 Å². The van der Waals surface area contributed by atoms with Crippen LogP contribution in [0.15, 0.2) is 0 Å². The zero-order chi connectivity index (χ0) is 13.5. The Balaban J connectivity index is 2.85. The number of hydrogen-bond acceptors (Lipinski definition) is 2. The van der Waals surface area contributed by atoms with Crippen LogP contribution in [0.1, 0.15) is 54.4 Å². The molecule has 1 saturated carbocycles. The molecule has 0 radical (unpaired) electrons. The van der Waals surface area contributed by atoms with Crippen molar-refractivity contribution in [2.24, 2.45) is 10.8 Å². The molecule has 1 aliphatic carbocycles. The highest BCUT2D eigenvalue weighted by molar-refractivity contribution is 5.05. The molecule has 0 bridgehead atoms. The van der Waals surface area contributed by atoms with Crippen LogP contribution in [0.3, 0.4) is 0 Å². The van der Waals surface area contributed by atoms with E-state index in [1.165, 1.54) is 12.8 Å². The van der Waals surface area contributed by atoms with Crippen LogP contribution >= 0.6 is 0 Å². The molecule has 1 rings (SSSR count). The zero-order valence-electron chi connectivity index (χ0n) is 13.1. The van der Waals surface area contributed by atoms with Crippen molar-refractivity contribution in [1.82, 2.24) is 4.90 Å². The van der Waals surface area contributed by atoms with Gasteiger partial charge in [-0.05, 0) is 53.1 Å². The van der Waals surface area contributed by atoms with Gasteiger partial charge in [0, 0.05) is 12.0 Å². The van der Waals surface area contributed by atoms with Crippen LogP contribution < -0.4 is 0 Å². The van der Waals surface area contributed by atoms with Gasteiger partial charge in [-0.25, -0.2) is 0 Å². The minimum absolute atomic E-state index is 0.0557. The summed E-state index contributed by atoms with van der Waals surface area (Å²) in [7, 11) is 4.33. The van der Waals surface area contributed by atoms with E-state index in [1.54, 1.807) is 0 Å². The predicted octanol–water partition coefficient (Wildman–Crippen LogP) is 3.56. The Morgan fingerprint density at radius 1 is 1.06 bits per heavy atom. The Morgan fingerprint density at radius 3 is 1.76 bits per heavy atom. The van der Waals surface area contributed by atoms with Gasteiger partial charge in [-0.2, -0.15) is 0 Å². The van der Waals surface area contributed by atoms with Gasteiger partial charge >= 0.3 is 0 Å². The Kier molecular flexibility index (Phi) is 4.01. The standard InChI is InChI=1S/C15H31NO/c1-13(2,3)12(17-14(4,5)6)15(9-10-15)11-16(7)8/h12H,9-11H2,1-8H3. The summed E-state index contributed by atoms with van der Waals surface area (Å²) in [6.45, 7) is 14.6. The second-order valence-electron chi connectivity index (χ2n) is 8.08. The van der Waals surface area contributed by atoms with Crippen molar-refractivity contribution in [2.45, 2.75) is 66.1 Å². The number of hydrogen-bond donors (Lipinski definition) is 0. The smallest absolute Gasteiger partial charge is 0.0698 e. The minimum Gasteiger partial charge on any atom is -0.371 e. The topological polar surface area (TPSA) is 12.5 Å². The molecule has 1 unspecified atom stereocenters. The molecule has 2 nitrogen and oxygen atoms in total. The largest absolute Gasteiger partial charge is 0.371 e. The van der Waals surface area contributed by atoms with E-state index in [9.17, 15) is 0 Å². The van der Waals surface area contributed by atoms with E-state index in [4.69, 9.17) is 4.74 Å². The lowest BCUT2D eigenvalue weighted by molar-refractivity contribution is -0.141. The van der Waals surface area contributed by atoms with Crippen LogP contribution in [-0.2, 0) is 4.74 Å². The summed E-state index contributed by atoms with van der Waals surface area (Å²) < 4.78 is 6.40. The fraction of sp³-hybridized carbons (Fsp3) is 1.00. The summed E-state index contributed by atoms with van der Waals surface area (Å²) in [5.74, 6) is 0. The third kappa shape index (κ3) is 4.26. The Bertz CT molecular complexity index is 253. The molecule has 0 amide bonds. The van der Waals surface area contributed by atoms with E-state index in [0.29, 0.717) is 11.5 Å². The van der Waals surface area contributed by atoms with Crippen molar-refractivity contribution in [3.63, 3.8) is 0 Å². The highest BCUT2D eigenvalue weighted by Crippen LogP contribution is 2.55. The summed E-state index contributed by atoms with van der Waals surface area (Å²) in [5, 5.41) is 0. The molecule has 0 saturated heterocycles. The maximum absolute atomic E-state index is 6.40. The third-order valence-electron chi connectivity index (χ3n) is 3.34. The van der Waals surface area contributed by atoms with Gasteiger partial charge in [0.1, 0.15) is 0 Å². The average molecular weight is 241 g/mol. The molecule has 1 atom stereocenters. The molecule has 0 aromatic carbocycles. The van der Waals surface area contributed by atoms with Crippen molar-refractivity contribution < 1.29 is 4.74 Å². The summed E-state index contributed by atoms with van der Waals surface area (Å²) >= 11 is 0. The highest BCUT2D eigenvalue weighted by atomic mass is 16.5. The van der Waals surface area contributed by atoms with E-state index in [-0.39, 0.29) is 11.0 Å². The van der Waals surface area contributed by atoms with Gasteiger partial charge in [0.05, 0.1) is 11.7 Å². The highest BCUT2D eigenvalue weighted by Gasteiger charge is 2.55. The Hall–Kier alpha value is -0.0800. The molecule has 0 N–H and O–H groups in total. The minimum atomic E-state index is -0.0557. The molecule has 0 aromatic rings. The fourth-order valence-corrected chi connectivity index (χ4v) is 2.87. The zero-order valence-corrected chi connectivity index (χ0v) is 13.1. The molecule has 17 heavy (non-hydrogen) atoms. The van der Waals surface area contributed by atoms with Crippen LogP contribution in [0.25, 0.3) is 0 Å². The molecule has 0 aromatic heterocycles. The number of nitrogens with zero attached hydrogens (tertiary/aromatic N) is 1. The van der Waals surface area contributed by atoms with Crippen LogP contribution in [0.5, 0.6) is 0 Å². The van der Waals surface area contributed by atoms with Crippen molar-refractivity contribution in [3.8, 4) is 0 Å². The lowest BCUT2D eigenvalue weighted by Crippen LogP contribution is -2.46. The first kappa shape index (κ1) is 15.0. The van der Waals surface area contributed by atoms with Crippen LogP contribution in [-0.4, -0.2) is 37.2 Å². The lowest BCUT2D eigenvalue weighted by Gasteiger charge is -2.42. The number of ether oxygens (including phenoxy) is 1. The first-order chi connectivity index (χ1) is 7.46. The van der Waals surface area contributed by atoms with Gasteiger partial charge in [0.2, 0.25) is 0 Å². The SMILES string of the molecule is CN(C)CC1(C(OC(C)(C)C)C(C)(C)C)CC1. The third-order valence-corrected chi connectivity index (χ3v) is 3.34. The van der Waals surface area contributed by atoms with E-state index in [1.807, 2.05) is 0 Å². The number of rotatable bonds is 4. The normalized spacial score (nSPS) is 21.7. The average Bonchev–Trinajstić information content (AvgIpc) is 2.76. The molecule has 0 aliphatic heterocycles. The molecule has 102 valence electrons. The summed E-state index contributed by atoms with van der Waals surface area (Å²) in [6.07, 6.45) is 2.96. The van der Waals surface area contributed by atoms with Gasteiger partial charge < -0.3 is 9.64 Å². The lowest BCUT2D eigenvalue weighted by atomic mass is 9.78.